The van der Waals surface area contributed by atoms with E-state index < -0.39 is 0 Å². The highest BCUT2D eigenvalue weighted by atomic mass is 79.9. The third kappa shape index (κ3) is 2.98. The van der Waals surface area contributed by atoms with Gasteiger partial charge in [0.2, 0.25) is 0 Å². The summed E-state index contributed by atoms with van der Waals surface area (Å²) in [5.41, 5.74) is 0. The van der Waals surface area contributed by atoms with Gasteiger partial charge in [-0.2, -0.15) is 0 Å². The summed E-state index contributed by atoms with van der Waals surface area (Å²) in [7, 11) is 0. The van der Waals surface area contributed by atoms with E-state index in [1.54, 1.807) is 11.3 Å². The SMILES string of the molecule is CCC1CSC(=NCc2sccc2Br)N1. The third-order valence-electron chi connectivity index (χ3n) is 2.30. The normalized spacial score (nSPS) is 23.3. The summed E-state index contributed by atoms with van der Waals surface area (Å²) in [5, 5.41) is 6.61. The van der Waals surface area contributed by atoms with E-state index in [0.29, 0.717) is 6.04 Å². The van der Waals surface area contributed by atoms with Crippen LogP contribution in [0, 0.1) is 0 Å². The first-order valence-electron chi connectivity index (χ1n) is 4.95. The molecule has 1 aromatic heterocycles. The molecule has 1 N–H and O–H groups in total. The molecule has 1 aliphatic heterocycles. The topological polar surface area (TPSA) is 24.4 Å². The minimum atomic E-state index is 0.612. The quantitative estimate of drug-likeness (QED) is 0.924. The number of amidine groups is 1. The number of aliphatic imine (C=N–C) groups is 1. The molecule has 15 heavy (non-hydrogen) atoms. The molecule has 1 aliphatic rings. The molecular weight excluding hydrogens is 292 g/mol. The smallest absolute Gasteiger partial charge is 0.157 e. The molecule has 82 valence electrons. The Morgan fingerprint density at radius 1 is 1.67 bits per heavy atom. The van der Waals surface area contributed by atoms with Crippen molar-refractivity contribution in [3.8, 4) is 0 Å². The fraction of sp³-hybridized carbons (Fsp3) is 0.500. The molecule has 2 heterocycles. The van der Waals surface area contributed by atoms with Gasteiger partial charge in [-0.15, -0.1) is 11.3 Å². The molecule has 1 fully saturated rings. The first-order valence-corrected chi connectivity index (χ1v) is 7.61. The highest BCUT2D eigenvalue weighted by Crippen LogP contribution is 2.24. The number of nitrogens with one attached hydrogen (secondary N) is 1. The van der Waals surface area contributed by atoms with Gasteiger partial charge in [0.25, 0.3) is 0 Å². The Morgan fingerprint density at radius 3 is 3.13 bits per heavy atom. The zero-order valence-corrected chi connectivity index (χ0v) is 11.7. The molecule has 0 aromatic carbocycles. The Labute approximate surface area is 107 Å². The molecule has 0 amide bonds. The van der Waals surface area contributed by atoms with E-state index >= 15 is 0 Å². The van der Waals surface area contributed by atoms with Gasteiger partial charge in [0.1, 0.15) is 0 Å². The lowest BCUT2D eigenvalue weighted by molar-refractivity contribution is 0.667. The number of hydrogen-bond acceptors (Lipinski definition) is 3. The molecule has 1 aromatic rings. The lowest BCUT2D eigenvalue weighted by atomic mass is 10.3. The molecular formula is C10H13BrN2S2. The number of halogens is 1. The summed E-state index contributed by atoms with van der Waals surface area (Å²) in [4.78, 5) is 5.87. The monoisotopic (exact) mass is 304 g/mol. The minimum Gasteiger partial charge on any atom is -0.361 e. The van der Waals surface area contributed by atoms with Crippen molar-refractivity contribution >= 4 is 44.2 Å². The van der Waals surface area contributed by atoms with Crippen molar-refractivity contribution < 1.29 is 0 Å². The van der Waals surface area contributed by atoms with Crippen LogP contribution in [0.5, 0.6) is 0 Å². The Morgan fingerprint density at radius 2 is 2.53 bits per heavy atom. The number of hydrogen-bond donors (Lipinski definition) is 1. The van der Waals surface area contributed by atoms with Gasteiger partial charge in [-0.3, -0.25) is 4.99 Å². The zero-order chi connectivity index (χ0) is 10.7. The van der Waals surface area contributed by atoms with Crippen LogP contribution in [-0.4, -0.2) is 17.0 Å². The molecule has 1 unspecified atom stereocenters. The van der Waals surface area contributed by atoms with Gasteiger partial charge in [-0.05, 0) is 33.8 Å². The van der Waals surface area contributed by atoms with Crippen LogP contribution in [-0.2, 0) is 6.54 Å². The maximum atomic E-state index is 4.57. The second-order valence-corrected chi connectivity index (χ2v) is 6.24. The average molecular weight is 305 g/mol. The van der Waals surface area contributed by atoms with Crippen molar-refractivity contribution in [2.75, 3.05) is 5.75 Å². The Hall–Kier alpha value is -0.0000000000000000555. The van der Waals surface area contributed by atoms with Crippen molar-refractivity contribution in [3.63, 3.8) is 0 Å². The highest BCUT2D eigenvalue weighted by Gasteiger charge is 2.17. The summed E-state index contributed by atoms with van der Waals surface area (Å²) in [5.74, 6) is 1.15. The van der Waals surface area contributed by atoms with Crippen LogP contribution < -0.4 is 5.32 Å². The highest BCUT2D eigenvalue weighted by molar-refractivity contribution is 9.10. The van der Waals surface area contributed by atoms with Gasteiger partial charge >= 0.3 is 0 Å². The Bertz CT molecular complexity index is 362. The summed E-state index contributed by atoms with van der Waals surface area (Å²) < 4.78 is 1.17. The van der Waals surface area contributed by atoms with E-state index in [4.69, 9.17) is 0 Å². The zero-order valence-electron chi connectivity index (χ0n) is 8.50. The number of nitrogens with zero attached hydrogens (tertiary/aromatic N) is 1. The molecule has 2 rings (SSSR count). The summed E-state index contributed by atoms with van der Waals surface area (Å²) in [6.07, 6.45) is 1.18. The summed E-state index contributed by atoms with van der Waals surface area (Å²) in [6, 6.07) is 2.69. The summed E-state index contributed by atoms with van der Waals surface area (Å²) >= 11 is 7.09. The van der Waals surface area contributed by atoms with Crippen LogP contribution in [0.15, 0.2) is 20.9 Å². The van der Waals surface area contributed by atoms with Crippen LogP contribution in [0.25, 0.3) is 0 Å². The fourth-order valence-electron chi connectivity index (χ4n) is 1.33. The van der Waals surface area contributed by atoms with E-state index in [-0.39, 0.29) is 0 Å². The molecule has 5 heteroatoms. The number of thiophene rings is 1. The molecule has 0 bridgehead atoms. The standard InChI is InChI=1S/C10H13BrN2S2/c1-2-7-6-15-10(13-7)12-5-9-8(11)3-4-14-9/h3-4,7H,2,5-6H2,1H3,(H,12,13). The van der Waals surface area contributed by atoms with Crippen molar-refractivity contribution in [3.05, 3.63) is 20.8 Å². The molecule has 1 atom stereocenters. The maximum absolute atomic E-state index is 4.57. The van der Waals surface area contributed by atoms with Crippen molar-refractivity contribution in [1.82, 2.24) is 5.32 Å². The van der Waals surface area contributed by atoms with E-state index in [1.807, 2.05) is 11.8 Å². The van der Waals surface area contributed by atoms with Gasteiger partial charge in [-0.25, -0.2) is 0 Å². The molecule has 0 spiro atoms. The van der Waals surface area contributed by atoms with Crippen molar-refractivity contribution in [1.29, 1.82) is 0 Å². The fourth-order valence-corrected chi connectivity index (χ4v) is 3.82. The number of thioether (sulfide) groups is 1. The van der Waals surface area contributed by atoms with Gasteiger partial charge in [0, 0.05) is 21.1 Å². The van der Waals surface area contributed by atoms with E-state index in [2.05, 4.69) is 44.6 Å². The molecule has 0 saturated carbocycles. The maximum Gasteiger partial charge on any atom is 0.157 e. The van der Waals surface area contributed by atoms with Gasteiger partial charge in [0.15, 0.2) is 5.17 Å². The van der Waals surface area contributed by atoms with E-state index in [1.165, 1.54) is 15.8 Å². The van der Waals surface area contributed by atoms with Gasteiger partial charge in [-0.1, -0.05) is 18.7 Å². The van der Waals surface area contributed by atoms with Crippen LogP contribution in [0.1, 0.15) is 18.2 Å². The molecule has 0 radical (unpaired) electrons. The first-order chi connectivity index (χ1) is 7.29. The van der Waals surface area contributed by atoms with E-state index in [9.17, 15) is 0 Å². The molecule has 2 nitrogen and oxygen atoms in total. The van der Waals surface area contributed by atoms with Crippen molar-refractivity contribution in [2.45, 2.75) is 25.9 Å². The second-order valence-electron chi connectivity index (χ2n) is 3.37. The van der Waals surface area contributed by atoms with Crippen LogP contribution >= 0.6 is 39.0 Å². The molecule has 0 aliphatic carbocycles. The van der Waals surface area contributed by atoms with Gasteiger partial charge in [0.05, 0.1) is 6.54 Å². The lowest BCUT2D eigenvalue weighted by Gasteiger charge is -2.04. The Kier molecular flexibility index (Phi) is 4.11. The second kappa shape index (κ2) is 5.37. The predicted octanol–water partition coefficient (Wildman–Crippen LogP) is 3.48. The van der Waals surface area contributed by atoms with Gasteiger partial charge < -0.3 is 5.32 Å². The van der Waals surface area contributed by atoms with Crippen LogP contribution in [0.4, 0.5) is 0 Å². The van der Waals surface area contributed by atoms with Crippen LogP contribution in [0.3, 0.4) is 0 Å². The molecule has 1 saturated heterocycles. The minimum absolute atomic E-state index is 0.612. The average Bonchev–Trinajstić information content (AvgIpc) is 2.84. The lowest BCUT2D eigenvalue weighted by Crippen LogP contribution is -2.25. The summed E-state index contributed by atoms with van der Waals surface area (Å²) in [6.45, 7) is 2.99. The van der Waals surface area contributed by atoms with Crippen LogP contribution in [0.2, 0.25) is 0 Å². The van der Waals surface area contributed by atoms with Crippen molar-refractivity contribution in [2.24, 2.45) is 4.99 Å². The first kappa shape index (κ1) is 11.5. The largest absolute Gasteiger partial charge is 0.361 e. The predicted molar refractivity (Wildman–Crippen MR) is 72.8 cm³/mol. The Balaban J connectivity index is 1.93. The third-order valence-corrected chi connectivity index (χ3v) is 5.30. The van der Waals surface area contributed by atoms with E-state index in [0.717, 1.165) is 17.5 Å². The number of rotatable bonds is 3.